The number of carbonyl (C=O) groups excluding carboxylic acids is 3. The van der Waals surface area contributed by atoms with Gasteiger partial charge in [-0.15, -0.1) is 11.3 Å². The van der Waals surface area contributed by atoms with E-state index in [1.807, 2.05) is 47.8 Å². The highest BCUT2D eigenvalue weighted by molar-refractivity contribution is 7.13. The van der Waals surface area contributed by atoms with Crippen molar-refractivity contribution in [2.24, 2.45) is 0 Å². The van der Waals surface area contributed by atoms with Gasteiger partial charge in [0.05, 0.1) is 44.0 Å². The lowest BCUT2D eigenvalue weighted by Crippen LogP contribution is -2.36. The number of aromatic nitrogens is 3. The molecule has 2 N–H and O–H groups in total. The summed E-state index contributed by atoms with van der Waals surface area (Å²) in [6, 6.07) is 19.5. The van der Waals surface area contributed by atoms with Crippen molar-refractivity contribution in [3.63, 3.8) is 0 Å². The summed E-state index contributed by atoms with van der Waals surface area (Å²) in [4.78, 5) is 46.5. The van der Waals surface area contributed by atoms with E-state index >= 15 is 0 Å². The quantitative estimate of drug-likeness (QED) is 0.302. The summed E-state index contributed by atoms with van der Waals surface area (Å²) in [5.41, 5.74) is 8.78. The highest BCUT2D eigenvalue weighted by Crippen LogP contribution is 2.34. The molecule has 0 unspecified atom stereocenters. The van der Waals surface area contributed by atoms with Gasteiger partial charge < -0.3 is 5.73 Å². The molecule has 0 saturated heterocycles. The Balaban J connectivity index is 1.59. The fraction of sp³-hybridized carbons (Fsp3) is 0.0385. The number of thiophene rings is 1. The predicted octanol–water partition coefficient (Wildman–Crippen LogP) is 4.48. The number of anilines is 1. The van der Waals surface area contributed by atoms with E-state index in [-0.39, 0.29) is 22.4 Å². The molecule has 5 aromatic rings. The lowest BCUT2D eigenvalue weighted by Gasteiger charge is -2.14. The van der Waals surface area contributed by atoms with Crippen LogP contribution >= 0.6 is 11.3 Å². The van der Waals surface area contributed by atoms with Crippen molar-refractivity contribution in [3.8, 4) is 16.3 Å². The van der Waals surface area contributed by atoms with Gasteiger partial charge in [-0.2, -0.15) is 5.10 Å². The lowest BCUT2D eigenvalue weighted by atomic mass is 10.1. The molecule has 0 atom stereocenters. The van der Waals surface area contributed by atoms with E-state index in [2.05, 4.69) is 5.10 Å². The largest absolute Gasteiger partial charge is 0.398 e. The zero-order valence-electron chi connectivity index (χ0n) is 18.4. The molecule has 0 bridgehead atoms. The van der Waals surface area contributed by atoms with Crippen LogP contribution < -0.4 is 5.73 Å². The molecule has 1 aliphatic heterocycles. The molecule has 8 nitrogen and oxygen atoms in total. The van der Waals surface area contributed by atoms with Crippen molar-refractivity contribution >= 4 is 45.8 Å². The number of hydrogen-bond donors (Lipinski definition) is 1. The third kappa shape index (κ3) is 3.09. The van der Waals surface area contributed by atoms with Crippen LogP contribution in [0.2, 0.25) is 0 Å². The first-order valence-electron chi connectivity index (χ1n) is 10.8. The standard InChI is InChI=1S/C26H17N5O3S/c1-14-21-17(25(33)30-24(32)16-9-5-10-18(27)22(16)26(30)34)13-19(20-11-6-12-35-20)28-23(21)31(29-14)15-7-3-2-4-8-15/h2-13H,27H2,1H3. The molecule has 3 aromatic heterocycles. The highest BCUT2D eigenvalue weighted by atomic mass is 32.1. The molecular formula is C26H17N5O3S. The summed E-state index contributed by atoms with van der Waals surface area (Å²) in [6.07, 6.45) is 0. The first-order chi connectivity index (χ1) is 17.0. The van der Waals surface area contributed by atoms with Crippen LogP contribution in [-0.2, 0) is 0 Å². The number of benzene rings is 2. The number of fused-ring (bicyclic) bond motifs is 2. The van der Waals surface area contributed by atoms with E-state index in [4.69, 9.17) is 10.7 Å². The van der Waals surface area contributed by atoms with Gasteiger partial charge in [-0.25, -0.2) is 14.6 Å². The van der Waals surface area contributed by atoms with E-state index < -0.39 is 17.7 Å². The van der Waals surface area contributed by atoms with E-state index in [1.54, 1.807) is 23.7 Å². The lowest BCUT2D eigenvalue weighted by molar-refractivity contribution is 0.0567. The van der Waals surface area contributed by atoms with E-state index in [1.165, 1.54) is 23.5 Å². The Morgan fingerprint density at radius 1 is 0.971 bits per heavy atom. The summed E-state index contributed by atoms with van der Waals surface area (Å²) >= 11 is 1.47. The molecule has 9 heteroatoms. The van der Waals surface area contributed by atoms with Crippen LogP contribution in [-0.4, -0.2) is 37.4 Å². The van der Waals surface area contributed by atoms with Crippen LogP contribution in [0.3, 0.4) is 0 Å². The summed E-state index contributed by atoms with van der Waals surface area (Å²) in [5, 5.41) is 7.03. The molecule has 6 rings (SSSR count). The van der Waals surface area contributed by atoms with E-state index in [0.717, 1.165) is 10.6 Å². The van der Waals surface area contributed by atoms with Gasteiger partial charge in [-0.1, -0.05) is 30.3 Å². The van der Waals surface area contributed by atoms with Crippen molar-refractivity contribution in [3.05, 3.63) is 94.5 Å². The van der Waals surface area contributed by atoms with Gasteiger partial charge in [-0.05, 0) is 48.7 Å². The Morgan fingerprint density at radius 3 is 2.49 bits per heavy atom. The third-order valence-corrected chi connectivity index (χ3v) is 6.86. The minimum atomic E-state index is -0.739. The number of para-hydroxylation sites is 1. The smallest absolute Gasteiger partial charge is 0.270 e. The number of carbonyl (C=O) groups is 3. The summed E-state index contributed by atoms with van der Waals surface area (Å²) in [5.74, 6) is -2.17. The number of nitrogens with two attached hydrogens (primary N) is 1. The minimum Gasteiger partial charge on any atom is -0.398 e. The van der Waals surface area contributed by atoms with Crippen LogP contribution in [0.25, 0.3) is 27.3 Å². The summed E-state index contributed by atoms with van der Waals surface area (Å²) in [7, 11) is 0. The molecule has 2 aromatic carbocycles. The maximum atomic E-state index is 13.9. The van der Waals surface area contributed by atoms with Crippen LogP contribution in [0.1, 0.15) is 36.8 Å². The van der Waals surface area contributed by atoms with Crippen molar-refractivity contribution in [1.82, 2.24) is 19.7 Å². The van der Waals surface area contributed by atoms with Crippen LogP contribution in [0, 0.1) is 6.92 Å². The van der Waals surface area contributed by atoms with Gasteiger partial charge in [-0.3, -0.25) is 14.4 Å². The minimum absolute atomic E-state index is 0.0475. The van der Waals surface area contributed by atoms with Gasteiger partial charge >= 0.3 is 0 Å². The molecule has 3 amide bonds. The SMILES string of the molecule is Cc1nn(-c2ccccc2)c2nc(-c3cccs3)cc(C(=O)N3C(=O)c4cccc(N)c4C3=O)c12. The van der Waals surface area contributed by atoms with Gasteiger partial charge in [0.1, 0.15) is 0 Å². The van der Waals surface area contributed by atoms with Crippen molar-refractivity contribution < 1.29 is 14.4 Å². The molecule has 0 radical (unpaired) electrons. The van der Waals surface area contributed by atoms with E-state index in [0.29, 0.717) is 27.3 Å². The van der Waals surface area contributed by atoms with E-state index in [9.17, 15) is 14.4 Å². The molecule has 0 saturated carbocycles. The van der Waals surface area contributed by atoms with Crippen molar-refractivity contribution in [2.45, 2.75) is 6.92 Å². The van der Waals surface area contributed by atoms with Crippen LogP contribution in [0.15, 0.2) is 72.1 Å². The highest BCUT2D eigenvalue weighted by Gasteiger charge is 2.42. The Bertz CT molecular complexity index is 1670. The fourth-order valence-electron chi connectivity index (χ4n) is 4.37. The Hall–Kier alpha value is -4.63. The normalized spacial score (nSPS) is 13.0. The summed E-state index contributed by atoms with van der Waals surface area (Å²) < 4.78 is 1.67. The molecule has 1 aliphatic rings. The molecule has 0 spiro atoms. The molecule has 35 heavy (non-hydrogen) atoms. The number of pyridine rings is 1. The van der Waals surface area contributed by atoms with Crippen LogP contribution in [0.4, 0.5) is 5.69 Å². The number of rotatable bonds is 3. The Kier molecular flexibility index (Phi) is 4.61. The molecule has 4 heterocycles. The van der Waals surface area contributed by atoms with Gasteiger partial charge in [0.25, 0.3) is 17.7 Å². The second-order valence-corrected chi connectivity index (χ2v) is 9.03. The zero-order chi connectivity index (χ0) is 24.3. The molecule has 0 fully saturated rings. The average Bonchev–Trinajstić information content (AvgIpc) is 3.57. The number of imide groups is 3. The average molecular weight is 480 g/mol. The number of aryl methyl sites for hydroxylation is 1. The molecular weight excluding hydrogens is 462 g/mol. The fourth-order valence-corrected chi connectivity index (χ4v) is 5.06. The number of hydrogen-bond acceptors (Lipinski definition) is 7. The number of nitrogen functional groups attached to an aromatic ring is 1. The zero-order valence-corrected chi connectivity index (χ0v) is 19.2. The second kappa shape index (κ2) is 7.71. The maximum Gasteiger partial charge on any atom is 0.270 e. The number of nitrogens with zero attached hydrogens (tertiary/aromatic N) is 4. The Morgan fingerprint density at radius 2 is 1.77 bits per heavy atom. The first-order valence-corrected chi connectivity index (χ1v) is 11.6. The number of amides is 3. The maximum absolute atomic E-state index is 13.9. The van der Waals surface area contributed by atoms with Gasteiger partial charge in [0.15, 0.2) is 5.65 Å². The van der Waals surface area contributed by atoms with Gasteiger partial charge in [0.2, 0.25) is 0 Å². The topological polar surface area (TPSA) is 111 Å². The first kappa shape index (κ1) is 20.9. The third-order valence-electron chi connectivity index (χ3n) is 5.97. The van der Waals surface area contributed by atoms with Gasteiger partial charge in [0, 0.05) is 5.69 Å². The van der Waals surface area contributed by atoms with Crippen molar-refractivity contribution in [1.29, 1.82) is 0 Å². The second-order valence-electron chi connectivity index (χ2n) is 8.08. The molecule has 170 valence electrons. The molecule has 0 aliphatic carbocycles. The van der Waals surface area contributed by atoms with Crippen LogP contribution in [0.5, 0.6) is 0 Å². The Labute approximate surface area is 203 Å². The monoisotopic (exact) mass is 479 g/mol. The predicted molar refractivity (Wildman–Crippen MR) is 133 cm³/mol. The van der Waals surface area contributed by atoms with Crippen molar-refractivity contribution in [2.75, 3.05) is 5.73 Å². The summed E-state index contributed by atoms with van der Waals surface area (Å²) in [6.45, 7) is 1.77.